The number of aromatic nitrogens is 2. The zero-order valence-corrected chi connectivity index (χ0v) is 10.7. The van der Waals surface area contributed by atoms with Gasteiger partial charge in [-0.25, -0.2) is 10.8 Å². The molecular weight excluding hydrogens is 250 g/mol. The first kappa shape index (κ1) is 11.6. The largest absolute Gasteiger partial charge is 0.396 e. The summed E-state index contributed by atoms with van der Waals surface area (Å²) >= 11 is 1.57. The highest BCUT2D eigenvalue weighted by Crippen LogP contribution is 2.31. The van der Waals surface area contributed by atoms with Gasteiger partial charge in [0.05, 0.1) is 5.39 Å². The van der Waals surface area contributed by atoms with Gasteiger partial charge in [0.1, 0.15) is 10.6 Å². The number of hydrogen-bond acceptors (Lipinski definition) is 7. The summed E-state index contributed by atoms with van der Waals surface area (Å²) in [6.45, 7) is 1.98. The average molecular weight is 265 g/mol. The highest BCUT2D eigenvalue weighted by molar-refractivity contribution is 7.16. The van der Waals surface area contributed by atoms with Crippen molar-refractivity contribution in [1.82, 2.24) is 9.97 Å². The lowest BCUT2D eigenvalue weighted by Crippen LogP contribution is -2.23. The number of nitrogen functional groups attached to an aromatic ring is 1. The number of rotatable bonds is 3. The van der Waals surface area contributed by atoms with Gasteiger partial charge >= 0.3 is 0 Å². The molecule has 0 aliphatic carbocycles. The molecule has 1 aliphatic heterocycles. The van der Waals surface area contributed by atoms with Gasteiger partial charge in [-0.2, -0.15) is 4.98 Å². The fraction of sp³-hybridized carbons (Fsp3) is 0.455. The lowest BCUT2D eigenvalue weighted by Gasteiger charge is -2.18. The lowest BCUT2D eigenvalue weighted by atomic mass is 10.1. The Morgan fingerprint density at radius 2 is 2.44 bits per heavy atom. The monoisotopic (exact) mass is 265 g/mol. The third-order valence-electron chi connectivity index (χ3n) is 3.28. The van der Waals surface area contributed by atoms with Crippen LogP contribution in [0.5, 0.6) is 0 Å². The van der Waals surface area contributed by atoms with Gasteiger partial charge in [-0.1, -0.05) is 0 Å². The van der Waals surface area contributed by atoms with Crippen LogP contribution in [0.4, 0.5) is 11.8 Å². The molecule has 6 nitrogen and oxygen atoms in total. The molecule has 96 valence electrons. The van der Waals surface area contributed by atoms with Crippen LogP contribution in [0, 0.1) is 5.92 Å². The van der Waals surface area contributed by atoms with Gasteiger partial charge in [-0.3, -0.25) is 5.43 Å². The van der Waals surface area contributed by atoms with E-state index >= 15 is 0 Å². The molecule has 0 radical (unpaired) electrons. The van der Waals surface area contributed by atoms with Crippen LogP contribution in [0.2, 0.25) is 0 Å². The number of anilines is 2. The van der Waals surface area contributed by atoms with Gasteiger partial charge in [0.25, 0.3) is 0 Å². The van der Waals surface area contributed by atoms with Gasteiger partial charge in [0, 0.05) is 25.6 Å². The van der Waals surface area contributed by atoms with Gasteiger partial charge in [0.2, 0.25) is 5.95 Å². The van der Waals surface area contributed by atoms with E-state index in [1.807, 2.05) is 11.4 Å². The molecule has 0 bridgehead atoms. The van der Waals surface area contributed by atoms with Crippen LogP contribution < -0.4 is 16.2 Å². The number of nitrogens with zero attached hydrogens (tertiary/aromatic N) is 3. The summed E-state index contributed by atoms with van der Waals surface area (Å²) < 4.78 is 0. The number of fused-ring (bicyclic) bond motifs is 1. The van der Waals surface area contributed by atoms with E-state index in [1.165, 1.54) is 0 Å². The number of nitrogens with two attached hydrogens (primary N) is 1. The average Bonchev–Trinajstić information content (AvgIpc) is 3.05. The van der Waals surface area contributed by atoms with E-state index < -0.39 is 0 Å². The van der Waals surface area contributed by atoms with Crippen LogP contribution in [0.3, 0.4) is 0 Å². The number of hydrazine groups is 1. The van der Waals surface area contributed by atoms with E-state index in [4.69, 9.17) is 5.84 Å². The molecule has 1 atom stereocenters. The summed E-state index contributed by atoms with van der Waals surface area (Å²) in [6, 6.07) is 2.03. The smallest absolute Gasteiger partial charge is 0.240 e. The molecule has 2 aromatic rings. The van der Waals surface area contributed by atoms with Crippen molar-refractivity contribution in [3.8, 4) is 0 Å². The molecule has 0 amide bonds. The molecule has 7 heteroatoms. The second kappa shape index (κ2) is 4.68. The molecule has 0 spiro atoms. The molecule has 3 heterocycles. The van der Waals surface area contributed by atoms with Crippen LogP contribution in [0.25, 0.3) is 10.2 Å². The van der Waals surface area contributed by atoms with E-state index in [0.29, 0.717) is 11.9 Å². The highest BCUT2D eigenvalue weighted by Gasteiger charge is 2.25. The molecule has 0 aromatic carbocycles. The van der Waals surface area contributed by atoms with Crippen molar-refractivity contribution in [2.75, 3.05) is 30.0 Å². The Morgan fingerprint density at radius 3 is 3.17 bits per heavy atom. The van der Waals surface area contributed by atoms with Crippen molar-refractivity contribution >= 4 is 33.3 Å². The van der Waals surface area contributed by atoms with Gasteiger partial charge in [-0.15, -0.1) is 11.3 Å². The molecule has 4 N–H and O–H groups in total. The van der Waals surface area contributed by atoms with Gasteiger partial charge < -0.3 is 10.0 Å². The normalized spacial score (nSPS) is 19.7. The summed E-state index contributed by atoms with van der Waals surface area (Å²) in [5, 5.41) is 12.3. The van der Waals surface area contributed by atoms with Crippen molar-refractivity contribution in [2.24, 2.45) is 11.8 Å². The third kappa shape index (κ3) is 1.90. The quantitative estimate of drug-likeness (QED) is 0.562. The standard InChI is InChI=1S/C11H15N5OS/c12-15-11-13-9(8-2-4-18-10(8)14-11)16-3-1-7(5-16)6-17/h2,4,7,17H,1,3,5-6,12H2,(H,13,14,15). The van der Waals surface area contributed by atoms with Crippen LogP contribution in [0.1, 0.15) is 6.42 Å². The zero-order chi connectivity index (χ0) is 12.5. The topological polar surface area (TPSA) is 87.3 Å². The summed E-state index contributed by atoms with van der Waals surface area (Å²) in [5.41, 5.74) is 2.51. The molecule has 1 saturated heterocycles. The number of nitrogens with one attached hydrogen (secondary N) is 1. The second-order valence-corrected chi connectivity index (χ2v) is 5.33. The van der Waals surface area contributed by atoms with E-state index in [-0.39, 0.29) is 6.61 Å². The first-order valence-electron chi connectivity index (χ1n) is 5.89. The second-order valence-electron chi connectivity index (χ2n) is 4.44. The number of thiophene rings is 1. The van der Waals surface area contributed by atoms with Gasteiger partial charge in [0.15, 0.2) is 0 Å². The van der Waals surface area contributed by atoms with E-state index in [9.17, 15) is 5.11 Å². The minimum atomic E-state index is 0.232. The summed E-state index contributed by atoms with van der Waals surface area (Å²) in [6.07, 6.45) is 0.998. The maximum atomic E-state index is 9.22. The highest BCUT2D eigenvalue weighted by atomic mass is 32.1. The fourth-order valence-corrected chi connectivity index (χ4v) is 3.08. The summed E-state index contributed by atoms with van der Waals surface area (Å²) in [5.74, 6) is 7.08. The Bertz CT molecular complexity index is 557. The molecule has 1 unspecified atom stereocenters. The van der Waals surface area contributed by atoms with Crippen LogP contribution in [-0.4, -0.2) is 34.8 Å². The maximum absolute atomic E-state index is 9.22. The molecule has 1 aliphatic rings. The molecule has 3 rings (SSSR count). The third-order valence-corrected chi connectivity index (χ3v) is 4.08. The summed E-state index contributed by atoms with van der Waals surface area (Å²) in [7, 11) is 0. The Hall–Kier alpha value is -1.44. The fourth-order valence-electron chi connectivity index (χ4n) is 2.32. The van der Waals surface area contributed by atoms with E-state index in [1.54, 1.807) is 11.3 Å². The van der Waals surface area contributed by atoms with Crippen LogP contribution in [0.15, 0.2) is 11.4 Å². The maximum Gasteiger partial charge on any atom is 0.240 e. The number of hydrogen-bond donors (Lipinski definition) is 3. The van der Waals surface area contributed by atoms with Crippen molar-refractivity contribution in [1.29, 1.82) is 0 Å². The first-order valence-corrected chi connectivity index (χ1v) is 6.77. The Morgan fingerprint density at radius 1 is 1.56 bits per heavy atom. The molecule has 2 aromatic heterocycles. The zero-order valence-electron chi connectivity index (χ0n) is 9.83. The van der Waals surface area contributed by atoms with Crippen molar-refractivity contribution < 1.29 is 5.11 Å². The Kier molecular flexibility index (Phi) is 3.02. The molecule has 18 heavy (non-hydrogen) atoms. The Balaban J connectivity index is 2.02. The SMILES string of the molecule is NNc1nc(N2CCC(CO)C2)c2ccsc2n1. The molecule has 0 saturated carbocycles. The first-order chi connectivity index (χ1) is 8.81. The van der Waals surface area contributed by atoms with E-state index in [2.05, 4.69) is 20.3 Å². The van der Waals surface area contributed by atoms with Crippen LogP contribution in [-0.2, 0) is 0 Å². The van der Waals surface area contributed by atoms with Crippen LogP contribution >= 0.6 is 11.3 Å². The predicted molar refractivity (Wildman–Crippen MR) is 72.6 cm³/mol. The van der Waals surface area contributed by atoms with Crippen molar-refractivity contribution in [3.05, 3.63) is 11.4 Å². The van der Waals surface area contributed by atoms with Crippen molar-refractivity contribution in [3.63, 3.8) is 0 Å². The number of aliphatic hydroxyl groups is 1. The van der Waals surface area contributed by atoms with Crippen molar-refractivity contribution in [2.45, 2.75) is 6.42 Å². The summed E-state index contributed by atoms with van der Waals surface area (Å²) in [4.78, 5) is 11.9. The Labute approximate surface area is 108 Å². The number of aliphatic hydroxyl groups excluding tert-OH is 1. The molecule has 1 fully saturated rings. The van der Waals surface area contributed by atoms with Gasteiger partial charge in [-0.05, 0) is 17.9 Å². The minimum absolute atomic E-state index is 0.232. The lowest BCUT2D eigenvalue weighted by molar-refractivity contribution is 0.238. The van der Waals surface area contributed by atoms with E-state index in [0.717, 1.165) is 35.5 Å². The molecular formula is C11H15N5OS. The minimum Gasteiger partial charge on any atom is -0.396 e. The predicted octanol–water partition coefficient (Wildman–Crippen LogP) is 0.795.